The molecular weight excluding hydrogens is 232 g/mol. The fraction of sp³-hybridized carbons (Fsp3) is 0.846. The third-order valence-electron chi connectivity index (χ3n) is 3.55. The van der Waals surface area contributed by atoms with E-state index in [1.54, 1.807) is 11.9 Å². The second-order valence-electron chi connectivity index (χ2n) is 5.06. The summed E-state index contributed by atoms with van der Waals surface area (Å²) in [5.74, 6) is -1.23. The lowest BCUT2D eigenvalue weighted by Crippen LogP contribution is -2.47. The van der Waals surface area contributed by atoms with Crippen LogP contribution in [-0.2, 0) is 4.79 Å². The van der Waals surface area contributed by atoms with Gasteiger partial charge in [0.2, 0.25) is 0 Å². The van der Waals surface area contributed by atoms with Gasteiger partial charge in [0.05, 0.1) is 5.92 Å². The van der Waals surface area contributed by atoms with Gasteiger partial charge in [0.25, 0.3) is 0 Å². The predicted octanol–water partition coefficient (Wildman–Crippen LogP) is 2.07. The van der Waals surface area contributed by atoms with Gasteiger partial charge in [0.15, 0.2) is 0 Å². The van der Waals surface area contributed by atoms with E-state index < -0.39 is 11.9 Å². The highest BCUT2D eigenvalue weighted by molar-refractivity contribution is 5.76. The van der Waals surface area contributed by atoms with Gasteiger partial charge < -0.3 is 15.3 Å². The van der Waals surface area contributed by atoms with E-state index >= 15 is 0 Å². The first kappa shape index (κ1) is 14.8. The maximum absolute atomic E-state index is 11.9. The summed E-state index contributed by atoms with van der Waals surface area (Å²) in [4.78, 5) is 24.7. The van der Waals surface area contributed by atoms with Gasteiger partial charge in [-0.05, 0) is 19.3 Å². The number of rotatable bonds is 4. The monoisotopic (exact) mass is 256 g/mol. The lowest BCUT2D eigenvalue weighted by molar-refractivity contribution is -0.142. The van der Waals surface area contributed by atoms with Crippen LogP contribution in [-0.4, -0.2) is 41.6 Å². The molecule has 1 fully saturated rings. The number of carbonyl (C=O) groups is 2. The molecule has 0 aromatic heterocycles. The minimum absolute atomic E-state index is 0.157. The molecule has 2 unspecified atom stereocenters. The van der Waals surface area contributed by atoms with Crippen molar-refractivity contribution >= 4 is 12.0 Å². The van der Waals surface area contributed by atoms with Crippen LogP contribution in [0.15, 0.2) is 0 Å². The topological polar surface area (TPSA) is 69.6 Å². The van der Waals surface area contributed by atoms with Gasteiger partial charge in [0, 0.05) is 19.6 Å². The Morgan fingerprint density at radius 3 is 2.56 bits per heavy atom. The summed E-state index contributed by atoms with van der Waals surface area (Å²) in [7, 11) is 1.74. The highest BCUT2D eigenvalue weighted by Crippen LogP contribution is 2.23. The summed E-state index contributed by atoms with van der Waals surface area (Å²) in [6.45, 7) is 2.70. The smallest absolute Gasteiger partial charge is 0.317 e. The Balaban J connectivity index is 2.60. The average Bonchev–Trinajstić information content (AvgIpc) is 2.54. The summed E-state index contributed by atoms with van der Waals surface area (Å²) < 4.78 is 0. The van der Waals surface area contributed by atoms with Crippen LogP contribution in [0.4, 0.5) is 4.79 Å². The molecule has 0 aromatic rings. The third kappa shape index (κ3) is 4.20. The number of hydrogen-bond acceptors (Lipinski definition) is 2. The van der Waals surface area contributed by atoms with Gasteiger partial charge in [-0.2, -0.15) is 0 Å². The molecule has 5 nitrogen and oxygen atoms in total. The number of nitrogens with zero attached hydrogens (tertiary/aromatic N) is 1. The minimum atomic E-state index is -0.791. The van der Waals surface area contributed by atoms with E-state index in [0.717, 1.165) is 32.1 Å². The first-order valence-electron chi connectivity index (χ1n) is 6.80. The molecule has 104 valence electrons. The predicted molar refractivity (Wildman–Crippen MR) is 69.5 cm³/mol. The normalized spacial score (nSPS) is 24.1. The zero-order valence-corrected chi connectivity index (χ0v) is 11.3. The molecule has 1 rings (SSSR count). The van der Waals surface area contributed by atoms with Crippen molar-refractivity contribution in [2.24, 2.45) is 5.92 Å². The zero-order valence-electron chi connectivity index (χ0n) is 11.3. The van der Waals surface area contributed by atoms with Crippen molar-refractivity contribution in [3.63, 3.8) is 0 Å². The fourth-order valence-corrected chi connectivity index (χ4v) is 2.48. The quantitative estimate of drug-likeness (QED) is 0.756. The number of aliphatic carboxylic acids is 1. The summed E-state index contributed by atoms with van der Waals surface area (Å²) in [5, 5.41) is 12.1. The Hall–Kier alpha value is -1.26. The maximum Gasteiger partial charge on any atom is 0.317 e. The number of nitrogens with one attached hydrogen (secondary N) is 1. The van der Waals surface area contributed by atoms with Gasteiger partial charge in [-0.25, -0.2) is 4.79 Å². The van der Waals surface area contributed by atoms with Crippen molar-refractivity contribution in [2.75, 3.05) is 13.6 Å². The van der Waals surface area contributed by atoms with Gasteiger partial charge in [-0.1, -0.05) is 26.2 Å². The van der Waals surface area contributed by atoms with Crippen LogP contribution in [0.25, 0.3) is 0 Å². The van der Waals surface area contributed by atoms with E-state index in [4.69, 9.17) is 0 Å². The van der Waals surface area contributed by atoms with E-state index in [1.165, 1.54) is 0 Å². The Morgan fingerprint density at radius 1 is 1.28 bits per heavy atom. The number of hydrogen-bond donors (Lipinski definition) is 2. The molecule has 0 saturated heterocycles. The van der Waals surface area contributed by atoms with Crippen LogP contribution in [0.5, 0.6) is 0 Å². The second kappa shape index (κ2) is 7.24. The maximum atomic E-state index is 11.9. The van der Waals surface area contributed by atoms with Crippen LogP contribution in [0, 0.1) is 5.92 Å². The molecular formula is C13H24N2O3. The van der Waals surface area contributed by atoms with E-state index in [-0.39, 0.29) is 12.1 Å². The molecule has 0 radical (unpaired) electrons. The van der Waals surface area contributed by atoms with Crippen molar-refractivity contribution in [1.29, 1.82) is 0 Å². The van der Waals surface area contributed by atoms with Gasteiger partial charge in [-0.15, -0.1) is 0 Å². The first-order chi connectivity index (χ1) is 8.56. The summed E-state index contributed by atoms with van der Waals surface area (Å²) in [6, 6.07) is -0.383. The first-order valence-corrected chi connectivity index (χ1v) is 6.80. The number of carbonyl (C=O) groups excluding carboxylic acids is 1. The number of carboxylic acids is 1. The molecule has 2 atom stereocenters. The highest BCUT2D eigenvalue weighted by atomic mass is 16.4. The Morgan fingerprint density at radius 2 is 1.94 bits per heavy atom. The minimum Gasteiger partial charge on any atom is -0.481 e. The van der Waals surface area contributed by atoms with Gasteiger partial charge in [0.1, 0.15) is 0 Å². The molecule has 0 aromatic carbocycles. The number of urea groups is 1. The van der Waals surface area contributed by atoms with Gasteiger partial charge >= 0.3 is 12.0 Å². The Bertz CT molecular complexity index is 294. The molecule has 1 aliphatic carbocycles. The Labute approximate surface area is 109 Å². The van der Waals surface area contributed by atoms with E-state index in [1.807, 2.05) is 6.92 Å². The largest absolute Gasteiger partial charge is 0.481 e. The van der Waals surface area contributed by atoms with Crippen molar-refractivity contribution in [3.8, 4) is 0 Å². The molecule has 5 heteroatoms. The van der Waals surface area contributed by atoms with Crippen LogP contribution >= 0.6 is 0 Å². The highest BCUT2D eigenvalue weighted by Gasteiger charge is 2.31. The SMILES string of the molecule is CCCN(C)C(=O)NC1CCCCCC1C(=O)O. The second-order valence-corrected chi connectivity index (χ2v) is 5.06. The van der Waals surface area contributed by atoms with Crippen molar-refractivity contribution < 1.29 is 14.7 Å². The summed E-state index contributed by atoms with van der Waals surface area (Å²) >= 11 is 0. The van der Waals surface area contributed by atoms with Crippen LogP contribution in [0.3, 0.4) is 0 Å². The van der Waals surface area contributed by atoms with E-state index in [9.17, 15) is 14.7 Å². The number of carboxylic acid groups (broad SMARTS) is 1. The standard InChI is InChI=1S/C13H24N2O3/c1-3-9-15(2)13(18)14-11-8-6-4-5-7-10(11)12(16)17/h10-11H,3-9H2,1-2H3,(H,14,18)(H,16,17). The molecule has 2 amide bonds. The molecule has 1 saturated carbocycles. The molecule has 0 bridgehead atoms. The molecule has 0 aliphatic heterocycles. The molecule has 18 heavy (non-hydrogen) atoms. The third-order valence-corrected chi connectivity index (χ3v) is 3.55. The Kier molecular flexibility index (Phi) is 5.95. The van der Waals surface area contributed by atoms with Crippen molar-refractivity contribution in [2.45, 2.75) is 51.5 Å². The lowest BCUT2D eigenvalue weighted by atomic mass is 9.95. The van der Waals surface area contributed by atoms with Crippen LogP contribution in [0.1, 0.15) is 45.4 Å². The van der Waals surface area contributed by atoms with Crippen LogP contribution < -0.4 is 5.32 Å². The van der Waals surface area contributed by atoms with E-state index in [2.05, 4.69) is 5.32 Å². The van der Waals surface area contributed by atoms with Crippen molar-refractivity contribution in [3.05, 3.63) is 0 Å². The summed E-state index contributed by atoms with van der Waals surface area (Å²) in [5.41, 5.74) is 0. The molecule has 0 heterocycles. The molecule has 0 spiro atoms. The zero-order chi connectivity index (χ0) is 13.5. The molecule has 1 aliphatic rings. The lowest BCUT2D eigenvalue weighted by Gasteiger charge is -2.26. The van der Waals surface area contributed by atoms with Crippen molar-refractivity contribution in [1.82, 2.24) is 10.2 Å². The van der Waals surface area contributed by atoms with Gasteiger partial charge in [-0.3, -0.25) is 4.79 Å². The average molecular weight is 256 g/mol. The van der Waals surface area contributed by atoms with Crippen LogP contribution in [0.2, 0.25) is 0 Å². The molecule has 2 N–H and O–H groups in total. The summed E-state index contributed by atoms with van der Waals surface area (Å²) in [6.07, 6.45) is 5.32. The fourth-order valence-electron chi connectivity index (χ4n) is 2.48. The number of amides is 2. The van der Waals surface area contributed by atoms with E-state index in [0.29, 0.717) is 13.0 Å².